The molecule has 0 unspecified atom stereocenters. The van der Waals surface area contributed by atoms with E-state index in [1.165, 1.54) is 22.1 Å². The molecular formula is C24H23N3O2S. The number of ether oxygens (including phenoxy) is 1. The van der Waals surface area contributed by atoms with Crippen LogP contribution in [0.25, 0.3) is 10.8 Å². The van der Waals surface area contributed by atoms with Crippen LogP contribution in [0.5, 0.6) is 5.75 Å². The maximum atomic E-state index is 12.4. The molecule has 1 heterocycles. The SMILES string of the molecule is COc1ccc(Cc2nc(C(=O)NCCNc3cccc4ccccc34)cs2)cc1. The average molecular weight is 418 g/mol. The standard InChI is InChI=1S/C24H23N3O2S/c1-29-19-11-9-17(10-12-19)15-23-27-22(16-30-23)24(28)26-14-13-25-21-8-4-6-18-5-2-3-7-20(18)21/h2-12,16,25H,13-15H2,1H3,(H,26,28). The van der Waals surface area contributed by atoms with Gasteiger partial charge in [0, 0.05) is 36.0 Å². The molecule has 0 aliphatic rings. The number of rotatable bonds is 8. The molecule has 0 spiro atoms. The van der Waals surface area contributed by atoms with Gasteiger partial charge in [-0.15, -0.1) is 11.3 Å². The van der Waals surface area contributed by atoms with Gasteiger partial charge in [-0.1, -0.05) is 48.5 Å². The smallest absolute Gasteiger partial charge is 0.270 e. The first-order valence-electron chi connectivity index (χ1n) is 9.80. The highest BCUT2D eigenvalue weighted by molar-refractivity contribution is 7.09. The summed E-state index contributed by atoms with van der Waals surface area (Å²) in [6.45, 7) is 1.16. The second kappa shape index (κ2) is 9.41. The Morgan fingerprint density at radius 3 is 2.63 bits per heavy atom. The molecule has 5 nitrogen and oxygen atoms in total. The van der Waals surface area contributed by atoms with Gasteiger partial charge in [-0.25, -0.2) is 4.98 Å². The number of methoxy groups -OCH3 is 1. The molecule has 1 amide bonds. The summed E-state index contributed by atoms with van der Waals surface area (Å²) in [4.78, 5) is 16.9. The van der Waals surface area contributed by atoms with Gasteiger partial charge in [0.1, 0.15) is 11.4 Å². The zero-order valence-electron chi connectivity index (χ0n) is 16.7. The quantitative estimate of drug-likeness (QED) is 0.407. The van der Waals surface area contributed by atoms with Gasteiger partial charge in [0.05, 0.1) is 12.1 Å². The number of carbonyl (C=O) groups excluding carboxylic acids is 1. The van der Waals surface area contributed by atoms with Crippen LogP contribution in [-0.4, -0.2) is 31.1 Å². The molecule has 0 saturated carbocycles. The number of hydrogen-bond donors (Lipinski definition) is 2. The highest BCUT2D eigenvalue weighted by Gasteiger charge is 2.11. The summed E-state index contributed by atoms with van der Waals surface area (Å²) in [6, 6.07) is 22.3. The molecule has 4 aromatic rings. The van der Waals surface area contributed by atoms with Crippen LogP contribution in [0.4, 0.5) is 5.69 Å². The lowest BCUT2D eigenvalue weighted by atomic mass is 10.1. The molecule has 30 heavy (non-hydrogen) atoms. The zero-order chi connectivity index (χ0) is 20.8. The number of thiazole rings is 1. The number of fused-ring (bicyclic) bond motifs is 1. The van der Waals surface area contributed by atoms with Gasteiger partial charge in [-0.2, -0.15) is 0 Å². The third kappa shape index (κ3) is 4.78. The molecule has 3 aromatic carbocycles. The van der Waals surface area contributed by atoms with Crippen LogP contribution in [0.3, 0.4) is 0 Å². The Balaban J connectivity index is 1.28. The maximum Gasteiger partial charge on any atom is 0.270 e. The van der Waals surface area contributed by atoms with Gasteiger partial charge in [0.25, 0.3) is 5.91 Å². The number of benzene rings is 3. The summed E-state index contributed by atoms with van der Waals surface area (Å²) >= 11 is 1.50. The molecule has 152 valence electrons. The van der Waals surface area contributed by atoms with Gasteiger partial charge in [-0.3, -0.25) is 4.79 Å². The lowest BCUT2D eigenvalue weighted by Crippen LogP contribution is -2.29. The van der Waals surface area contributed by atoms with Crippen LogP contribution in [0.2, 0.25) is 0 Å². The first-order chi connectivity index (χ1) is 14.7. The maximum absolute atomic E-state index is 12.4. The summed E-state index contributed by atoms with van der Waals surface area (Å²) in [7, 11) is 1.65. The van der Waals surface area contributed by atoms with Crippen molar-refractivity contribution in [1.82, 2.24) is 10.3 Å². The predicted octanol–water partition coefficient (Wildman–Crippen LogP) is 4.74. The molecule has 1 aromatic heterocycles. The highest BCUT2D eigenvalue weighted by Crippen LogP contribution is 2.22. The average Bonchev–Trinajstić information content (AvgIpc) is 3.26. The fourth-order valence-electron chi connectivity index (χ4n) is 3.26. The van der Waals surface area contributed by atoms with Crippen LogP contribution in [0.15, 0.2) is 72.1 Å². The Morgan fingerprint density at radius 1 is 1.00 bits per heavy atom. The van der Waals surface area contributed by atoms with Gasteiger partial charge in [0.15, 0.2) is 0 Å². The van der Waals surface area contributed by atoms with E-state index in [4.69, 9.17) is 4.74 Å². The van der Waals surface area contributed by atoms with Gasteiger partial charge < -0.3 is 15.4 Å². The molecule has 0 aliphatic carbocycles. The highest BCUT2D eigenvalue weighted by atomic mass is 32.1. The largest absolute Gasteiger partial charge is 0.497 e. The van der Waals surface area contributed by atoms with Crippen molar-refractivity contribution in [3.63, 3.8) is 0 Å². The van der Waals surface area contributed by atoms with Crippen molar-refractivity contribution in [2.24, 2.45) is 0 Å². The van der Waals surface area contributed by atoms with Crippen molar-refractivity contribution in [3.8, 4) is 5.75 Å². The Hall–Kier alpha value is -3.38. The van der Waals surface area contributed by atoms with Crippen LogP contribution in [-0.2, 0) is 6.42 Å². The molecular weight excluding hydrogens is 394 g/mol. The lowest BCUT2D eigenvalue weighted by molar-refractivity contribution is 0.0950. The molecule has 0 aliphatic heterocycles. The van der Waals surface area contributed by atoms with E-state index in [0.717, 1.165) is 22.0 Å². The number of nitrogens with zero attached hydrogens (tertiary/aromatic N) is 1. The second-order valence-corrected chi connectivity index (χ2v) is 7.80. The molecule has 2 N–H and O–H groups in total. The number of anilines is 1. The molecule has 0 radical (unpaired) electrons. The fourth-order valence-corrected chi connectivity index (χ4v) is 4.07. The van der Waals surface area contributed by atoms with Crippen molar-refractivity contribution in [3.05, 3.63) is 88.4 Å². The van der Waals surface area contributed by atoms with Gasteiger partial charge in [-0.05, 0) is 29.1 Å². The van der Waals surface area contributed by atoms with E-state index in [1.54, 1.807) is 7.11 Å². The summed E-state index contributed by atoms with van der Waals surface area (Å²) in [5.74, 6) is 0.682. The Bertz CT molecular complexity index is 1130. The first kappa shape index (κ1) is 19.9. The minimum atomic E-state index is -0.146. The van der Waals surface area contributed by atoms with Crippen molar-refractivity contribution < 1.29 is 9.53 Å². The number of nitrogens with one attached hydrogen (secondary N) is 2. The minimum absolute atomic E-state index is 0.146. The Labute approximate surface area is 179 Å². The zero-order valence-corrected chi connectivity index (χ0v) is 17.5. The summed E-state index contributed by atoms with van der Waals surface area (Å²) in [5, 5.41) is 11.4. The van der Waals surface area contributed by atoms with Gasteiger partial charge >= 0.3 is 0 Å². The van der Waals surface area contributed by atoms with E-state index in [1.807, 2.05) is 47.8 Å². The fraction of sp³-hybridized carbons (Fsp3) is 0.167. The molecule has 4 rings (SSSR count). The lowest BCUT2D eigenvalue weighted by Gasteiger charge is -2.10. The molecule has 0 saturated heterocycles. The van der Waals surface area contributed by atoms with E-state index >= 15 is 0 Å². The van der Waals surface area contributed by atoms with E-state index in [-0.39, 0.29) is 5.91 Å². The summed E-state index contributed by atoms with van der Waals surface area (Å²) < 4.78 is 5.18. The topological polar surface area (TPSA) is 63.2 Å². The van der Waals surface area contributed by atoms with E-state index in [2.05, 4.69) is 39.9 Å². The van der Waals surface area contributed by atoms with Gasteiger partial charge in [0.2, 0.25) is 0 Å². The number of carbonyl (C=O) groups is 1. The first-order valence-corrected chi connectivity index (χ1v) is 10.7. The van der Waals surface area contributed by atoms with E-state index in [9.17, 15) is 4.79 Å². The number of hydrogen-bond acceptors (Lipinski definition) is 5. The Morgan fingerprint density at radius 2 is 1.80 bits per heavy atom. The monoisotopic (exact) mass is 417 g/mol. The normalized spacial score (nSPS) is 10.7. The third-order valence-electron chi connectivity index (χ3n) is 4.81. The minimum Gasteiger partial charge on any atom is -0.497 e. The Kier molecular flexibility index (Phi) is 6.25. The third-order valence-corrected chi connectivity index (χ3v) is 5.66. The second-order valence-electron chi connectivity index (χ2n) is 6.86. The number of amides is 1. The predicted molar refractivity (Wildman–Crippen MR) is 123 cm³/mol. The van der Waals surface area contributed by atoms with Crippen molar-refractivity contribution >= 4 is 33.7 Å². The van der Waals surface area contributed by atoms with Crippen LogP contribution in [0, 0.1) is 0 Å². The van der Waals surface area contributed by atoms with Crippen LogP contribution >= 0.6 is 11.3 Å². The summed E-state index contributed by atoms with van der Waals surface area (Å²) in [6.07, 6.45) is 0.699. The van der Waals surface area contributed by atoms with Crippen LogP contribution < -0.4 is 15.4 Å². The molecule has 6 heteroatoms. The molecule has 0 atom stereocenters. The van der Waals surface area contributed by atoms with Crippen molar-refractivity contribution in [2.45, 2.75) is 6.42 Å². The number of aromatic nitrogens is 1. The molecule has 0 bridgehead atoms. The van der Waals surface area contributed by atoms with Crippen molar-refractivity contribution in [2.75, 3.05) is 25.5 Å². The van der Waals surface area contributed by atoms with Crippen LogP contribution in [0.1, 0.15) is 21.1 Å². The van der Waals surface area contributed by atoms with Crippen molar-refractivity contribution in [1.29, 1.82) is 0 Å². The van der Waals surface area contributed by atoms with E-state index in [0.29, 0.717) is 25.2 Å². The summed E-state index contributed by atoms with van der Waals surface area (Å²) in [5.41, 5.74) is 2.67. The van der Waals surface area contributed by atoms with E-state index < -0.39 is 0 Å². The molecule has 0 fully saturated rings.